The number of carbonyl (C=O) groups is 1. The van der Waals surface area contributed by atoms with Gasteiger partial charge in [0.25, 0.3) is 0 Å². The summed E-state index contributed by atoms with van der Waals surface area (Å²) >= 11 is 5.88. The van der Waals surface area contributed by atoms with E-state index in [1.54, 1.807) is 42.5 Å². The van der Waals surface area contributed by atoms with Crippen LogP contribution in [0.5, 0.6) is 5.75 Å². The van der Waals surface area contributed by atoms with E-state index in [0.29, 0.717) is 28.6 Å². The standard InChI is InChI=1S/C18H21ClN2O4S/c1-3-25-17-7-5-4-6-15(17)20-18(22)12-16(21-26(2,23)24)13-8-10-14(19)11-9-13/h4-11,16,21H,3,12H2,1-2H3,(H,20,22). The van der Waals surface area contributed by atoms with E-state index in [4.69, 9.17) is 16.3 Å². The zero-order valence-corrected chi connectivity index (χ0v) is 16.1. The number of amides is 1. The fourth-order valence-corrected chi connectivity index (χ4v) is 3.28. The van der Waals surface area contributed by atoms with E-state index >= 15 is 0 Å². The topological polar surface area (TPSA) is 84.5 Å². The van der Waals surface area contributed by atoms with E-state index in [2.05, 4.69) is 10.0 Å². The summed E-state index contributed by atoms with van der Waals surface area (Å²) in [6.07, 6.45) is 0.980. The van der Waals surface area contributed by atoms with Gasteiger partial charge in [-0.2, -0.15) is 0 Å². The lowest BCUT2D eigenvalue weighted by Crippen LogP contribution is -2.30. The van der Waals surface area contributed by atoms with Crippen molar-refractivity contribution in [3.63, 3.8) is 0 Å². The van der Waals surface area contributed by atoms with Crippen molar-refractivity contribution in [3.05, 3.63) is 59.1 Å². The first-order chi connectivity index (χ1) is 12.3. The van der Waals surface area contributed by atoms with E-state index in [1.165, 1.54) is 0 Å². The summed E-state index contributed by atoms with van der Waals surface area (Å²) < 4.78 is 31.3. The van der Waals surface area contributed by atoms with Gasteiger partial charge in [-0.25, -0.2) is 13.1 Å². The SMILES string of the molecule is CCOc1ccccc1NC(=O)CC(NS(C)(=O)=O)c1ccc(Cl)cc1. The number of sulfonamides is 1. The number of halogens is 1. The molecule has 6 nitrogen and oxygen atoms in total. The number of nitrogens with one attached hydrogen (secondary N) is 2. The second-order valence-corrected chi connectivity index (χ2v) is 7.89. The van der Waals surface area contributed by atoms with Gasteiger partial charge in [0.1, 0.15) is 5.75 Å². The highest BCUT2D eigenvalue weighted by atomic mass is 35.5. The molecule has 0 spiro atoms. The van der Waals surface area contributed by atoms with Crippen molar-refractivity contribution >= 4 is 33.2 Å². The van der Waals surface area contributed by atoms with Gasteiger partial charge in [-0.1, -0.05) is 35.9 Å². The number of ether oxygens (including phenoxy) is 1. The van der Waals surface area contributed by atoms with Crippen molar-refractivity contribution in [3.8, 4) is 5.75 Å². The molecule has 0 bridgehead atoms. The zero-order valence-electron chi connectivity index (χ0n) is 14.5. The lowest BCUT2D eigenvalue weighted by atomic mass is 10.0. The summed E-state index contributed by atoms with van der Waals surface area (Å²) in [4.78, 5) is 12.5. The maximum atomic E-state index is 12.5. The smallest absolute Gasteiger partial charge is 0.226 e. The van der Waals surface area contributed by atoms with Gasteiger partial charge in [0, 0.05) is 11.4 Å². The maximum absolute atomic E-state index is 12.5. The quantitative estimate of drug-likeness (QED) is 0.716. The Morgan fingerprint density at radius 3 is 2.42 bits per heavy atom. The van der Waals surface area contributed by atoms with Crippen LogP contribution in [0.4, 0.5) is 5.69 Å². The number of carbonyl (C=O) groups excluding carboxylic acids is 1. The Balaban J connectivity index is 2.17. The second-order valence-electron chi connectivity index (χ2n) is 5.68. The third-order valence-corrected chi connectivity index (χ3v) is 4.44. The molecule has 2 aromatic rings. The molecule has 0 aromatic heterocycles. The molecular weight excluding hydrogens is 376 g/mol. The van der Waals surface area contributed by atoms with Gasteiger partial charge in [0.2, 0.25) is 15.9 Å². The fourth-order valence-electron chi connectivity index (χ4n) is 2.42. The van der Waals surface area contributed by atoms with Gasteiger partial charge in [-0.15, -0.1) is 0 Å². The summed E-state index contributed by atoms with van der Waals surface area (Å²) in [5.74, 6) is 0.218. The third kappa shape index (κ3) is 6.33. The van der Waals surface area contributed by atoms with Crippen molar-refractivity contribution < 1.29 is 17.9 Å². The number of benzene rings is 2. The van der Waals surface area contributed by atoms with Crippen LogP contribution in [-0.4, -0.2) is 27.2 Å². The van der Waals surface area contributed by atoms with Crippen LogP contribution in [0.2, 0.25) is 5.02 Å². The molecule has 8 heteroatoms. The highest BCUT2D eigenvalue weighted by Gasteiger charge is 2.20. The largest absolute Gasteiger partial charge is 0.492 e. The lowest BCUT2D eigenvalue weighted by molar-refractivity contribution is -0.116. The Labute approximate surface area is 158 Å². The average molecular weight is 397 g/mol. The number of rotatable bonds is 8. The van der Waals surface area contributed by atoms with Crippen LogP contribution in [0.15, 0.2) is 48.5 Å². The minimum atomic E-state index is -3.50. The summed E-state index contributed by atoms with van der Waals surface area (Å²) in [7, 11) is -3.50. The number of anilines is 1. The Hall–Kier alpha value is -2.09. The molecule has 1 atom stereocenters. The molecule has 0 saturated heterocycles. The summed E-state index contributed by atoms with van der Waals surface area (Å²) in [6.45, 7) is 2.32. The molecule has 0 heterocycles. The molecular formula is C18H21ClN2O4S. The summed E-state index contributed by atoms with van der Waals surface area (Å²) in [6, 6.07) is 13.0. The Bertz CT molecular complexity index is 854. The number of hydrogen-bond donors (Lipinski definition) is 2. The van der Waals surface area contributed by atoms with Gasteiger partial charge >= 0.3 is 0 Å². The van der Waals surface area contributed by atoms with Gasteiger partial charge in [0.15, 0.2) is 0 Å². The average Bonchev–Trinajstić information content (AvgIpc) is 2.56. The van der Waals surface area contributed by atoms with E-state index in [0.717, 1.165) is 6.26 Å². The molecule has 0 radical (unpaired) electrons. The van der Waals surface area contributed by atoms with Crippen LogP contribution in [0.1, 0.15) is 24.9 Å². The van der Waals surface area contributed by atoms with Crippen molar-refractivity contribution in [2.45, 2.75) is 19.4 Å². The number of para-hydroxylation sites is 2. The Kier molecular flexibility index (Phi) is 7.02. The third-order valence-electron chi connectivity index (χ3n) is 3.48. The molecule has 2 rings (SSSR count). The van der Waals surface area contributed by atoms with Crippen LogP contribution in [0.25, 0.3) is 0 Å². The van der Waals surface area contributed by atoms with E-state index in [1.807, 2.05) is 13.0 Å². The van der Waals surface area contributed by atoms with Gasteiger partial charge < -0.3 is 10.1 Å². The van der Waals surface area contributed by atoms with Crippen LogP contribution in [-0.2, 0) is 14.8 Å². The first kappa shape index (κ1) is 20.2. The highest BCUT2D eigenvalue weighted by Crippen LogP contribution is 2.25. The molecule has 0 aliphatic carbocycles. The van der Waals surface area contributed by atoms with E-state index in [-0.39, 0.29) is 12.3 Å². The van der Waals surface area contributed by atoms with Crippen molar-refractivity contribution in [2.24, 2.45) is 0 Å². The van der Waals surface area contributed by atoms with Crippen LogP contribution in [0, 0.1) is 0 Å². The molecule has 0 aliphatic rings. The molecule has 2 N–H and O–H groups in total. The monoisotopic (exact) mass is 396 g/mol. The number of hydrogen-bond acceptors (Lipinski definition) is 4. The molecule has 2 aromatic carbocycles. The molecule has 26 heavy (non-hydrogen) atoms. The minimum Gasteiger partial charge on any atom is -0.492 e. The zero-order chi connectivity index (χ0) is 19.2. The van der Waals surface area contributed by atoms with Crippen LogP contribution in [0.3, 0.4) is 0 Å². The first-order valence-corrected chi connectivity index (χ1v) is 10.3. The normalized spacial score (nSPS) is 12.4. The van der Waals surface area contributed by atoms with Crippen molar-refractivity contribution in [1.29, 1.82) is 0 Å². The molecule has 0 aliphatic heterocycles. The first-order valence-electron chi connectivity index (χ1n) is 8.03. The Morgan fingerprint density at radius 1 is 1.15 bits per heavy atom. The van der Waals surface area contributed by atoms with Crippen LogP contribution < -0.4 is 14.8 Å². The summed E-state index contributed by atoms with van der Waals surface area (Å²) in [5, 5.41) is 3.30. The summed E-state index contributed by atoms with van der Waals surface area (Å²) in [5.41, 5.74) is 1.18. The molecule has 140 valence electrons. The van der Waals surface area contributed by atoms with Gasteiger partial charge in [-0.3, -0.25) is 4.79 Å². The van der Waals surface area contributed by atoms with Gasteiger partial charge in [-0.05, 0) is 36.8 Å². The molecule has 1 unspecified atom stereocenters. The van der Waals surface area contributed by atoms with Crippen molar-refractivity contribution in [1.82, 2.24) is 4.72 Å². The molecule has 1 amide bonds. The van der Waals surface area contributed by atoms with E-state index in [9.17, 15) is 13.2 Å². The Morgan fingerprint density at radius 2 is 1.81 bits per heavy atom. The second kappa shape index (κ2) is 9.02. The van der Waals surface area contributed by atoms with Crippen molar-refractivity contribution in [2.75, 3.05) is 18.2 Å². The molecule has 0 saturated carbocycles. The lowest BCUT2D eigenvalue weighted by Gasteiger charge is -2.18. The highest BCUT2D eigenvalue weighted by molar-refractivity contribution is 7.88. The molecule has 0 fully saturated rings. The van der Waals surface area contributed by atoms with Gasteiger partial charge in [0.05, 0.1) is 24.6 Å². The minimum absolute atomic E-state index is 0.0742. The van der Waals surface area contributed by atoms with Crippen LogP contribution >= 0.6 is 11.6 Å². The van der Waals surface area contributed by atoms with E-state index < -0.39 is 16.1 Å². The predicted octanol–water partition coefficient (Wildman–Crippen LogP) is 3.36. The fraction of sp³-hybridized carbons (Fsp3) is 0.278. The predicted molar refractivity (Wildman–Crippen MR) is 103 cm³/mol. The maximum Gasteiger partial charge on any atom is 0.226 e.